The van der Waals surface area contributed by atoms with Crippen LogP contribution in [0.25, 0.3) is 0 Å². The number of benzene rings is 2. The number of carbonyl (C=O) groups is 2. The van der Waals surface area contributed by atoms with E-state index in [4.69, 9.17) is 0 Å². The summed E-state index contributed by atoms with van der Waals surface area (Å²) < 4.78 is 0.900. The molecule has 0 fully saturated rings. The van der Waals surface area contributed by atoms with Crippen LogP contribution < -0.4 is 10.7 Å². The molecule has 0 spiro atoms. The van der Waals surface area contributed by atoms with Crippen LogP contribution in [-0.4, -0.2) is 23.0 Å². The molecule has 26 heavy (non-hydrogen) atoms. The lowest BCUT2D eigenvalue weighted by molar-refractivity contribution is -0.384. The van der Waals surface area contributed by atoms with E-state index in [0.29, 0.717) is 11.3 Å². The van der Waals surface area contributed by atoms with Crippen LogP contribution in [-0.2, 0) is 9.59 Å². The topological polar surface area (TPSA) is 114 Å². The Bertz CT molecular complexity index is 837. The van der Waals surface area contributed by atoms with Crippen LogP contribution in [0.5, 0.6) is 0 Å². The number of nitro groups is 1. The lowest BCUT2D eigenvalue weighted by Gasteiger charge is -2.04. The second-order valence-corrected chi connectivity index (χ2v) is 6.12. The molecule has 0 unspecified atom stereocenters. The standard InChI is InChI=1S/C17H15BrN4O4/c18-13-4-6-14(7-5-13)20-16(23)8-9-17(24)21-19-11-12-2-1-3-15(10-12)22(25)26/h1-7,10-11H,8-9H2,(H,20,23)(H,21,24). The van der Waals surface area contributed by atoms with Crippen LogP contribution in [0.4, 0.5) is 11.4 Å². The van der Waals surface area contributed by atoms with E-state index < -0.39 is 10.8 Å². The molecule has 0 aliphatic heterocycles. The quantitative estimate of drug-likeness (QED) is 0.408. The highest BCUT2D eigenvalue weighted by Crippen LogP contribution is 2.14. The Kier molecular flexibility index (Phi) is 6.98. The molecule has 0 aliphatic carbocycles. The van der Waals surface area contributed by atoms with Gasteiger partial charge in [-0.1, -0.05) is 28.1 Å². The molecule has 0 saturated carbocycles. The first kappa shape index (κ1) is 19.3. The van der Waals surface area contributed by atoms with Gasteiger partial charge in [-0.05, 0) is 24.3 Å². The molecule has 0 aromatic heterocycles. The Morgan fingerprint density at radius 1 is 1.12 bits per heavy atom. The number of non-ortho nitro benzene ring substituents is 1. The fourth-order valence-electron chi connectivity index (χ4n) is 1.94. The zero-order valence-electron chi connectivity index (χ0n) is 13.5. The molecule has 2 aromatic rings. The van der Waals surface area contributed by atoms with Crippen molar-refractivity contribution >= 4 is 45.3 Å². The molecule has 8 nitrogen and oxygen atoms in total. The molecule has 9 heteroatoms. The van der Waals surface area contributed by atoms with Gasteiger partial charge >= 0.3 is 0 Å². The molecular formula is C17H15BrN4O4. The van der Waals surface area contributed by atoms with Crippen LogP contribution in [0, 0.1) is 10.1 Å². The molecule has 2 N–H and O–H groups in total. The maximum atomic E-state index is 11.8. The van der Waals surface area contributed by atoms with Crippen molar-refractivity contribution < 1.29 is 14.5 Å². The van der Waals surface area contributed by atoms with Crippen molar-refractivity contribution in [3.05, 3.63) is 68.7 Å². The van der Waals surface area contributed by atoms with Gasteiger partial charge in [-0.2, -0.15) is 5.10 Å². The van der Waals surface area contributed by atoms with Gasteiger partial charge in [-0.3, -0.25) is 19.7 Å². The second-order valence-electron chi connectivity index (χ2n) is 5.20. The Morgan fingerprint density at radius 3 is 2.50 bits per heavy atom. The number of hydrazone groups is 1. The molecule has 0 aliphatic rings. The number of hydrogen-bond acceptors (Lipinski definition) is 5. The highest BCUT2D eigenvalue weighted by molar-refractivity contribution is 9.10. The van der Waals surface area contributed by atoms with E-state index in [2.05, 4.69) is 31.8 Å². The Labute approximate surface area is 157 Å². The second kappa shape index (κ2) is 9.42. The summed E-state index contributed by atoms with van der Waals surface area (Å²) in [5.41, 5.74) is 3.34. The van der Waals surface area contributed by atoms with Crippen molar-refractivity contribution in [2.75, 3.05) is 5.32 Å². The Hall–Kier alpha value is -3.07. The van der Waals surface area contributed by atoms with E-state index >= 15 is 0 Å². The number of nitrogens with zero attached hydrogens (tertiary/aromatic N) is 2. The molecule has 0 heterocycles. The molecule has 0 radical (unpaired) electrons. The number of halogens is 1. The first-order valence-corrected chi connectivity index (χ1v) is 8.35. The average Bonchev–Trinajstić information content (AvgIpc) is 2.62. The maximum Gasteiger partial charge on any atom is 0.270 e. The molecular weight excluding hydrogens is 404 g/mol. The van der Waals surface area contributed by atoms with Gasteiger partial charge in [0.2, 0.25) is 11.8 Å². The number of anilines is 1. The van der Waals surface area contributed by atoms with E-state index in [9.17, 15) is 19.7 Å². The molecule has 2 rings (SSSR count). The van der Waals surface area contributed by atoms with Crippen LogP contribution in [0.2, 0.25) is 0 Å². The van der Waals surface area contributed by atoms with Crippen LogP contribution in [0.15, 0.2) is 58.1 Å². The van der Waals surface area contributed by atoms with Gasteiger partial charge < -0.3 is 5.32 Å². The lowest BCUT2D eigenvalue weighted by Crippen LogP contribution is -2.20. The molecule has 134 valence electrons. The predicted octanol–water partition coefficient (Wildman–Crippen LogP) is 3.23. The van der Waals surface area contributed by atoms with Crippen molar-refractivity contribution in [2.24, 2.45) is 5.10 Å². The summed E-state index contributed by atoms with van der Waals surface area (Å²) in [5, 5.41) is 17.1. The third kappa shape index (κ3) is 6.44. The first-order chi connectivity index (χ1) is 12.4. The van der Waals surface area contributed by atoms with Crippen molar-refractivity contribution in [2.45, 2.75) is 12.8 Å². The van der Waals surface area contributed by atoms with E-state index in [1.54, 1.807) is 30.3 Å². The third-order valence-electron chi connectivity index (χ3n) is 3.19. The third-order valence-corrected chi connectivity index (χ3v) is 3.72. The number of amides is 2. The molecule has 2 aromatic carbocycles. The number of rotatable bonds is 7. The van der Waals surface area contributed by atoms with E-state index in [1.165, 1.54) is 24.4 Å². The SMILES string of the molecule is O=C(CCC(=O)Nc1ccc(Br)cc1)NN=Cc1cccc([N+](=O)[O-])c1. The number of hydrogen-bond donors (Lipinski definition) is 2. The van der Waals surface area contributed by atoms with E-state index in [1.807, 2.05) is 0 Å². The fraction of sp³-hybridized carbons (Fsp3) is 0.118. The Morgan fingerprint density at radius 2 is 1.81 bits per heavy atom. The molecule has 2 amide bonds. The van der Waals surface area contributed by atoms with Crippen molar-refractivity contribution in [3.63, 3.8) is 0 Å². The fourth-order valence-corrected chi connectivity index (χ4v) is 2.20. The van der Waals surface area contributed by atoms with Crippen LogP contribution in [0.3, 0.4) is 0 Å². The smallest absolute Gasteiger partial charge is 0.270 e. The monoisotopic (exact) mass is 418 g/mol. The van der Waals surface area contributed by atoms with Gasteiger partial charge in [0.05, 0.1) is 11.1 Å². The predicted molar refractivity (Wildman–Crippen MR) is 101 cm³/mol. The number of nitrogens with one attached hydrogen (secondary N) is 2. The highest BCUT2D eigenvalue weighted by atomic mass is 79.9. The summed E-state index contributed by atoms with van der Waals surface area (Å²) >= 11 is 3.30. The Balaban J connectivity index is 1.76. The zero-order valence-corrected chi connectivity index (χ0v) is 15.1. The van der Waals surface area contributed by atoms with Gasteiger partial charge in [0, 0.05) is 40.7 Å². The average molecular weight is 419 g/mol. The zero-order chi connectivity index (χ0) is 18.9. The molecule has 0 atom stereocenters. The maximum absolute atomic E-state index is 11.8. The van der Waals surface area contributed by atoms with Crippen molar-refractivity contribution in [1.82, 2.24) is 5.43 Å². The van der Waals surface area contributed by atoms with Gasteiger partial charge in [-0.25, -0.2) is 5.43 Å². The normalized spacial score (nSPS) is 10.5. The lowest BCUT2D eigenvalue weighted by atomic mass is 10.2. The molecule has 0 saturated heterocycles. The van der Waals surface area contributed by atoms with Gasteiger partial charge in [-0.15, -0.1) is 0 Å². The van der Waals surface area contributed by atoms with Crippen molar-refractivity contribution in [1.29, 1.82) is 0 Å². The highest BCUT2D eigenvalue weighted by Gasteiger charge is 2.07. The van der Waals surface area contributed by atoms with Crippen LogP contribution >= 0.6 is 15.9 Å². The van der Waals surface area contributed by atoms with E-state index in [-0.39, 0.29) is 24.4 Å². The summed E-state index contributed by atoms with van der Waals surface area (Å²) in [4.78, 5) is 33.7. The first-order valence-electron chi connectivity index (χ1n) is 7.56. The summed E-state index contributed by atoms with van der Waals surface area (Å²) in [6, 6.07) is 12.9. The van der Waals surface area contributed by atoms with Crippen molar-refractivity contribution in [3.8, 4) is 0 Å². The molecule has 0 bridgehead atoms. The van der Waals surface area contributed by atoms with Gasteiger partial charge in [0.25, 0.3) is 5.69 Å². The summed E-state index contributed by atoms with van der Waals surface area (Å²) in [6.45, 7) is 0. The number of carbonyl (C=O) groups excluding carboxylic acids is 2. The minimum absolute atomic E-state index is 0.00816. The summed E-state index contributed by atoms with van der Waals surface area (Å²) in [6.07, 6.45) is 1.27. The van der Waals surface area contributed by atoms with Gasteiger partial charge in [0.15, 0.2) is 0 Å². The van der Waals surface area contributed by atoms with Gasteiger partial charge in [0.1, 0.15) is 0 Å². The minimum atomic E-state index is -0.514. The van der Waals surface area contributed by atoms with E-state index in [0.717, 1.165) is 4.47 Å². The summed E-state index contributed by atoms with van der Waals surface area (Å²) in [7, 11) is 0. The minimum Gasteiger partial charge on any atom is -0.326 e. The summed E-state index contributed by atoms with van der Waals surface area (Å²) in [5.74, 6) is -0.720. The number of nitro benzene ring substituents is 1. The largest absolute Gasteiger partial charge is 0.326 e. The van der Waals surface area contributed by atoms with Crippen LogP contribution in [0.1, 0.15) is 18.4 Å².